The number of halogens is 2. The van der Waals surface area contributed by atoms with Gasteiger partial charge in [0.25, 0.3) is 0 Å². The Balaban J connectivity index is 2.34. The summed E-state index contributed by atoms with van der Waals surface area (Å²) < 4.78 is 6.06. The van der Waals surface area contributed by atoms with Crippen LogP contribution in [0.25, 0.3) is 0 Å². The molecule has 0 amide bonds. The van der Waals surface area contributed by atoms with Crippen molar-refractivity contribution in [2.75, 3.05) is 12.4 Å². The third-order valence-corrected chi connectivity index (χ3v) is 3.46. The highest BCUT2D eigenvalue weighted by Gasteiger charge is 2.08. The Morgan fingerprint density at radius 3 is 2.89 bits per heavy atom. The molecule has 2 rings (SSSR count). The fourth-order valence-electron chi connectivity index (χ4n) is 1.49. The lowest BCUT2D eigenvalue weighted by molar-refractivity contribution is 0.412. The standard InChI is InChI=1S/C13H9BrClN3O/c1-19-11-6-9(2-3-10(11)14)18-13-12(15)8(7-16)4-5-17-13/h2-6H,1H3,(H,17,18). The molecule has 0 spiro atoms. The molecular weight excluding hydrogens is 330 g/mol. The molecule has 0 radical (unpaired) electrons. The second-order valence-electron chi connectivity index (χ2n) is 3.61. The third-order valence-electron chi connectivity index (χ3n) is 2.42. The van der Waals surface area contributed by atoms with E-state index in [1.54, 1.807) is 19.2 Å². The highest BCUT2D eigenvalue weighted by Crippen LogP contribution is 2.31. The second-order valence-corrected chi connectivity index (χ2v) is 4.84. The van der Waals surface area contributed by atoms with Gasteiger partial charge in [-0.1, -0.05) is 11.6 Å². The van der Waals surface area contributed by atoms with Crippen molar-refractivity contribution < 1.29 is 4.74 Å². The lowest BCUT2D eigenvalue weighted by Gasteiger charge is -2.10. The topological polar surface area (TPSA) is 57.9 Å². The molecule has 0 aliphatic heterocycles. The summed E-state index contributed by atoms with van der Waals surface area (Å²) in [5.74, 6) is 1.13. The molecular formula is C13H9BrClN3O. The number of rotatable bonds is 3. The van der Waals surface area contributed by atoms with Crippen molar-refractivity contribution >= 4 is 39.0 Å². The molecule has 1 aromatic heterocycles. The molecule has 0 unspecified atom stereocenters. The van der Waals surface area contributed by atoms with Crippen LogP contribution in [0.4, 0.5) is 11.5 Å². The zero-order chi connectivity index (χ0) is 13.8. The minimum absolute atomic E-state index is 0.298. The van der Waals surface area contributed by atoms with Crippen LogP contribution in [0.15, 0.2) is 34.9 Å². The first-order chi connectivity index (χ1) is 9.15. The number of benzene rings is 1. The van der Waals surface area contributed by atoms with Gasteiger partial charge in [-0.3, -0.25) is 0 Å². The van der Waals surface area contributed by atoms with Crippen molar-refractivity contribution in [1.82, 2.24) is 4.98 Å². The second kappa shape index (κ2) is 5.91. The molecule has 4 nitrogen and oxygen atoms in total. The summed E-state index contributed by atoms with van der Waals surface area (Å²) in [5, 5.41) is 12.3. The van der Waals surface area contributed by atoms with Crippen molar-refractivity contribution in [2.24, 2.45) is 0 Å². The van der Waals surface area contributed by atoms with E-state index in [1.807, 2.05) is 18.2 Å². The normalized spacial score (nSPS) is 9.79. The Labute approximate surface area is 124 Å². The van der Waals surface area contributed by atoms with Gasteiger partial charge in [-0.15, -0.1) is 0 Å². The maximum atomic E-state index is 8.91. The molecule has 0 aliphatic rings. The summed E-state index contributed by atoms with van der Waals surface area (Å²) in [5.41, 5.74) is 1.15. The smallest absolute Gasteiger partial charge is 0.150 e. The van der Waals surface area contributed by atoms with E-state index in [4.69, 9.17) is 21.6 Å². The van der Waals surface area contributed by atoms with E-state index in [-0.39, 0.29) is 0 Å². The van der Waals surface area contributed by atoms with Gasteiger partial charge in [0.05, 0.1) is 17.1 Å². The van der Waals surface area contributed by atoms with Crippen LogP contribution < -0.4 is 10.1 Å². The van der Waals surface area contributed by atoms with Gasteiger partial charge in [0, 0.05) is 18.0 Å². The number of nitrogens with one attached hydrogen (secondary N) is 1. The molecule has 0 fully saturated rings. The van der Waals surface area contributed by atoms with E-state index >= 15 is 0 Å². The maximum absolute atomic E-state index is 8.91. The highest BCUT2D eigenvalue weighted by atomic mass is 79.9. The summed E-state index contributed by atoms with van der Waals surface area (Å²) >= 11 is 9.45. The fourth-order valence-corrected chi connectivity index (χ4v) is 2.10. The lowest BCUT2D eigenvalue weighted by atomic mass is 10.2. The SMILES string of the molecule is COc1cc(Nc2nccc(C#N)c2Cl)ccc1Br. The first-order valence-corrected chi connectivity index (χ1v) is 6.48. The van der Waals surface area contributed by atoms with E-state index in [1.165, 1.54) is 6.20 Å². The molecule has 0 saturated heterocycles. The molecule has 1 N–H and O–H groups in total. The summed E-state index contributed by atoms with van der Waals surface area (Å²) in [7, 11) is 1.59. The van der Waals surface area contributed by atoms with E-state index in [9.17, 15) is 0 Å². The average Bonchev–Trinajstić information content (AvgIpc) is 2.43. The van der Waals surface area contributed by atoms with Crippen LogP contribution in [-0.4, -0.2) is 12.1 Å². The summed E-state index contributed by atoms with van der Waals surface area (Å²) in [6, 6.07) is 9.08. The van der Waals surface area contributed by atoms with Crippen molar-refractivity contribution in [1.29, 1.82) is 5.26 Å². The number of ether oxygens (including phenoxy) is 1. The van der Waals surface area contributed by atoms with Crippen LogP contribution >= 0.6 is 27.5 Å². The number of anilines is 2. The summed E-state index contributed by atoms with van der Waals surface area (Å²) in [6.07, 6.45) is 1.53. The van der Waals surface area contributed by atoms with Gasteiger partial charge in [0.2, 0.25) is 0 Å². The third kappa shape index (κ3) is 2.98. The Morgan fingerprint density at radius 2 is 2.21 bits per heavy atom. The molecule has 6 heteroatoms. The van der Waals surface area contributed by atoms with E-state index in [2.05, 4.69) is 26.2 Å². The molecule has 0 atom stereocenters. The van der Waals surface area contributed by atoms with Crippen molar-refractivity contribution in [3.05, 3.63) is 45.5 Å². The van der Waals surface area contributed by atoms with E-state index in [0.717, 1.165) is 10.2 Å². The molecule has 0 bridgehead atoms. The number of aromatic nitrogens is 1. The molecule has 96 valence electrons. The summed E-state index contributed by atoms with van der Waals surface area (Å²) in [4.78, 5) is 4.11. The number of hydrogen-bond acceptors (Lipinski definition) is 4. The van der Waals surface area contributed by atoms with Gasteiger partial charge in [0.15, 0.2) is 5.82 Å². The van der Waals surface area contributed by atoms with Gasteiger partial charge >= 0.3 is 0 Å². The minimum atomic E-state index is 0.298. The Morgan fingerprint density at radius 1 is 1.42 bits per heavy atom. The zero-order valence-corrected chi connectivity index (χ0v) is 12.3. The maximum Gasteiger partial charge on any atom is 0.150 e. The van der Waals surface area contributed by atoms with Crippen LogP contribution in [0.2, 0.25) is 5.02 Å². The number of pyridine rings is 1. The van der Waals surface area contributed by atoms with E-state index in [0.29, 0.717) is 22.2 Å². The van der Waals surface area contributed by atoms with Crippen LogP contribution in [0.5, 0.6) is 5.75 Å². The number of nitrogens with zero attached hydrogens (tertiary/aromatic N) is 2. The molecule has 0 saturated carbocycles. The number of nitriles is 1. The fraction of sp³-hybridized carbons (Fsp3) is 0.0769. The first-order valence-electron chi connectivity index (χ1n) is 5.31. The molecule has 2 aromatic rings. The first kappa shape index (κ1) is 13.7. The van der Waals surface area contributed by atoms with Gasteiger partial charge in [-0.2, -0.15) is 5.26 Å². The minimum Gasteiger partial charge on any atom is -0.495 e. The average molecular weight is 339 g/mol. The highest BCUT2D eigenvalue weighted by molar-refractivity contribution is 9.10. The van der Waals surface area contributed by atoms with Gasteiger partial charge in [-0.25, -0.2) is 4.98 Å². The van der Waals surface area contributed by atoms with Crippen LogP contribution in [0, 0.1) is 11.3 Å². The Kier molecular flexibility index (Phi) is 4.25. The summed E-state index contributed by atoms with van der Waals surface area (Å²) in [6.45, 7) is 0. The van der Waals surface area contributed by atoms with Gasteiger partial charge in [-0.05, 0) is 34.1 Å². The Bertz CT molecular complexity index is 655. The van der Waals surface area contributed by atoms with Crippen LogP contribution in [0.1, 0.15) is 5.56 Å². The Hall–Kier alpha value is -1.77. The predicted octanol–water partition coefficient (Wildman–Crippen LogP) is 4.12. The number of methoxy groups -OCH3 is 1. The van der Waals surface area contributed by atoms with Gasteiger partial charge in [0.1, 0.15) is 16.8 Å². The monoisotopic (exact) mass is 337 g/mol. The lowest BCUT2D eigenvalue weighted by Crippen LogP contribution is -1.96. The van der Waals surface area contributed by atoms with Crippen molar-refractivity contribution in [2.45, 2.75) is 0 Å². The van der Waals surface area contributed by atoms with Gasteiger partial charge < -0.3 is 10.1 Å². The molecule has 19 heavy (non-hydrogen) atoms. The van der Waals surface area contributed by atoms with Crippen molar-refractivity contribution in [3.8, 4) is 11.8 Å². The number of hydrogen-bond donors (Lipinski definition) is 1. The molecule has 0 aliphatic carbocycles. The van der Waals surface area contributed by atoms with E-state index < -0.39 is 0 Å². The zero-order valence-electron chi connectivity index (χ0n) is 9.95. The quantitative estimate of drug-likeness (QED) is 0.914. The predicted molar refractivity (Wildman–Crippen MR) is 77.9 cm³/mol. The molecule has 1 heterocycles. The van der Waals surface area contributed by atoms with Crippen LogP contribution in [0.3, 0.4) is 0 Å². The molecule has 1 aromatic carbocycles. The van der Waals surface area contributed by atoms with Crippen molar-refractivity contribution in [3.63, 3.8) is 0 Å². The largest absolute Gasteiger partial charge is 0.495 e. The van der Waals surface area contributed by atoms with Crippen LogP contribution in [-0.2, 0) is 0 Å².